The largest absolute Gasteiger partial charge is 0.478 e. The van der Waals surface area contributed by atoms with Gasteiger partial charge in [0.2, 0.25) is 0 Å². The number of halogens is 1. The summed E-state index contributed by atoms with van der Waals surface area (Å²) in [5, 5.41) is 17.1. The quantitative estimate of drug-likeness (QED) is 0.761. The van der Waals surface area contributed by atoms with E-state index in [0.717, 1.165) is 0 Å². The van der Waals surface area contributed by atoms with E-state index in [4.69, 9.17) is 10.2 Å². The second-order valence-electron chi connectivity index (χ2n) is 2.16. The van der Waals surface area contributed by atoms with E-state index >= 15 is 0 Å². The topological polar surface area (TPSA) is 74.6 Å². The maximum atomic E-state index is 10.5. The minimum absolute atomic E-state index is 0. The Morgan fingerprint density at radius 2 is 1.21 bits per heavy atom. The molecule has 1 radical (unpaired) electrons. The summed E-state index contributed by atoms with van der Waals surface area (Å²) < 4.78 is 0. The summed E-state index contributed by atoms with van der Waals surface area (Å²) in [5.74, 6) is -2.46. The smallest absolute Gasteiger partial charge is 0.336 e. The SMILES string of the molecule is Cl.O=C(O)c1ccccc1C(=O)O.[K]. The van der Waals surface area contributed by atoms with Crippen molar-refractivity contribution >= 4 is 75.7 Å². The number of hydrogen-bond acceptors (Lipinski definition) is 2. The molecule has 1 aromatic rings. The van der Waals surface area contributed by atoms with Crippen LogP contribution < -0.4 is 0 Å². The molecule has 4 nitrogen and oxygen atoms in total. The summed E-state index contributed by atoms with van der Waals surface area (Å²) in [6, 6.07) is 5.48. The minimum atomic E-state index is -1.23. The Morgan fingerprint density at radius 3 is 1.43 bits per heavy atom. The fourth-order valence-corrected chi connectivity index (χ4v) is 0.856. The standard InChI is InChI=1S/C8H6O4.ClH.K/c9-7(10)5-3-1-2-4-6(5)8(11)12;;/h1-4H,(H,9,10)(H,11,12);1H;. The van der Waals surface area contributed by atoms with Crippen LogP contribution in [0.5, 0.6) is 0 Å². The van der Waals surface area contributed by atoms with Gasteiger partial charge in [0.05, 0.1) is 11.1 Å². The Hall–Kier alpha value is 0.0864. The third-order valence-corrected chi connectivity index (χ3v) is 1.39. The second kappa shape index (κ2) is 7.39. The van der Waals surface area contributed by atoms with Crippen molar-refractivity contribution in [3.05, 3.63) is 35.4 Å². The Bertz CT molecular complexity index is 307. The van der Waals surface area contributed by atoms with Gasteiger partial charge < -0.3 is 10.2 Å². The van der Waals surface area contributed by atoms with Crippen LogP contribution in [0, 0.1) is 0 Å². The molecule has 0 aliphatic heterocycles. The monoisotopic (exact) mass is 241 g/mol. The van der Waals surface area contributed by atoms with Crippen LogP contribution in [0.2, 0.25) is 0 Å². The van der Waals surface area contributed by atoms with Crippen molar-refractivity contribution in [2.24, 2.45) is 0 Å². The van der Waals surface area contributed by atoms with E-state index in [2.05, 4.69) is 0 Å². The van der Waals surface area contributed by atoms with Crippen molar-refractivity contribution in [3.63, 3.8) is 0 Å². The summed E-state index contributed by atoms with van der Waals surface area (Å²) in [6.45, 7) is 0. The predicted octanol–water partition coefficient (Wildman–Crippen LogP) is 1.12. The first kappa shape index (κ1) is 16.5. The molecule has 0 amide bonds. The van der Waals surface area contributed by atoms with Crippen molar-refractivity contribution in [2.75, 3.05) is 0 Å². The van der Waals surface area contributed by atoms with Gasteiger partial charge in [0, 0.05) is 51.4 Å². The average molecular weight is 242 g/mol. The van der Waals surface area contributed by atoms with Crippen molar-refractivity contribution in [3.8, 4) is 0 Å². The molecule has 1 rings (SSSR count). The molecule has 0 saturated carbocycles. The summed E-state index contributed by atoms with van der Waals surface area (Å²) in [6.07, 6.45) is 0. The van der Waals surface area contributed by atoms with Crippen LogP contribution in [-0.2, 0) is 0 Å². The molecule has 0 heterocycles. The zero-order valence-corrected chi connectivity index (χ0v) is 11.4. The van der Waals surface area contributed by atoms with Gasteiger partial charge in [-0.1, -0.05) is 12.1 Å². The van der Waals surface area contributed by atoms with Gasteiger partial charge in [-0.2, -0.15) is 0 Å². The molecule has 0 aromatic heterocycles. The molecule has 71 valence electrons. The van der Waals surface area contributed by atoms with Crippen LogP contribution in [0.3, 0.4) is 0 Å². The zero-order chi connectivity index (χ0) is 9.14. The van der Waals surface area contributed by atoms with Crippen LogP contribution in [0.15, 0.2) is 24.3 Å². The normalized spacial score (nSPS) is 8.00. The predicted molar refractivity (Wildman–Crippen MR) is 53.4 cm³/mol. The number of aromatic carboxylic acids is 2. The Kier molecular flexibility index (Phi) is 8.71. The van der Waals surface area contributed by atoms with Crippen molar-refractivity contribution < 1.29 is 19.8 Å². The molecule has 0 bridgehead atoms. The van der Waals surface area contributed by atoms with Crippen LogP contribution in [0.1, 0.15) is 20.7 Å². The minimum Gasteiger partial charge on any atom is -0.478 e. The van der Waals surface area contributed by atoms with Gasteiger partial charge in [-0.15, -0.1) is 12.4 Å². The molecule has 14 heavy (non-hydrogen) atoms. The molecule has 0 fully saturated rings. The second-order valence-corrected chi connectivity index (χ2v) is 2.16. The average Bonchev–Trinajstić information content (AvgIpc) is 2.04. The number of carboxylic acids is 2. The Balaban J connectivity index is 0. The summed E-state index contributed by atoms with van der Waals surface area (Å²) in [4.78, 5) is 20.9. The molecule has 0 spiro atoms. The van der Waals surface area contributed by atoms with Gasteiger partial charge in [-0.25, -0.2) is 9.59 Å². The molecular weight excluding hydrogens is 235 g/mol. The fourth-order valence-electron chi connectivity index (χ4n) is 0.856. The first-order chi connectivity index (χ1) is 5.63. The Labute approximate surface area is 129 Å². The third kappa shape index (κ3) is 4.08. The molecule has 0 aliphatic carbocycles. The van der Waals surface area contributed by atoms with Crippen LogP contribution in [-0.4, -0.2) is 73.5 Å². The van der Waals surface area contributed by atoms with E-state index in [0.29, 0.717) is 0 Å². The van der Waals surface area contributed by atoms with Crippen LogP contribution >= 0.6 is 12.4 Å². The maximum Gasteiger partial charge on any atom is 0.336 e. The first-order valence-electron chi connectivity index (χ1n) is 3.18. The fraction of sp³-hybridized carbons (Fsp3) is 0. The van der Waals surface area contributed by atoms with Gasteiger partial charge in [0.1, 0.15) is 0 Å². The van der Waals surface area contributed by atoms with E-state index in [9.17, 15) is 9.59 Å². The Morgan fingerprint density at radius 1 is 0.929 bits per heavy atom. The molecule has 6 heteroatoms. The van der Waals surface area contributed by atoms with E-state index < -0.39 is 11.9 Å². The van der Waals surface area contributed by atoms with E-state index in [1.165, 1.54) is 24.3 Å². The van der Waals surface area contributed by atoms with Gasteiger partial charge >= 0.3 is 11.9 Å². The number of hydrogen-bond donors (Lipinski definition) is 2. The molecule has 2 N–H and O–H groups in total. The first-order valence-corrected chi connectivity index (χ1v) is 3.18. The van der Waals surface area contributed by atoms with Crippen LogP contribution in [0.25, 0.3) is 0 Å². The molecular formula is C8H7ClKO4. The van der Waals surface area contributed by atoms with Gasteiger partial charge in [-0.3, -0.25) is 0 Å². The number of carboxylic acid groups (broad SMARTS) is 2. The van der Waals surface area contributed by atoms with Gasteiger partial charge in [-0.05, 0) is 12.1 Å². The summed E-state index contributed by atoms with van der Waals surface area (Å²) in [5.41, 5.74) is -0.380. The zero-order valence-electron chi connectivity index (χ0n) is 7.43. The summed E-state index contributed by atoms with van der Waals surface area (Å²) >= 11 is 0. The molecule has 0 saturated heterocycles. The third-order valence-electron chi connectivity index (χ3n) is 1.39. The van der Waals surface area contributed by atoms with E-state index in [1.807, 2.05) is 0 Å². The number of benzene rings is 1. The molecule has 0 aliphatic rings. The van der Waals surface area contributed by atoms with Crippen molar-refractivity contribution in [2.45, 2.75) is 0 Å². The maximum absolute atomic E-state index is 10.5. The summed E-state index contributed by atoms with van der Waals surface area (Å²) in [7, 11) is 0. The van der Waals surface area contributed by atoms with Crippen LogP contribution in [0.4, 0.5) is 0 Å². The van der Waals surface area contributed by atoms with E-state index in [1.54, 1.807) is 0 Å². The van der Waals surface area contributed by atoms with Crippen molar-refractivity contribution in [1.29, 1.82) is 0 Å². The van der Waals surface area contributed by atoms with Gasteiger partial charge in [0.25, 0.3) is 0 Å². The molecule has 1 aromatic carbocycles. The van der Waals surface area contributed by atoms with Gasteiger partial charge in [0.15, 0.2) is 0 Å². The number of carbonyl (C=O) groups is 2. The molecule has 0 atom stereocenters. The van der Waals surface area contributed by atoms with Crippen molar-refractivity contribution in [1.82, 2.24) is 0 Å². The molecule has 0 unspecified atom stereocenters. The van der Waals surface area contributed by atoms with E-state index in [-0.39, 0.29) is 74.9 Å². The number of rotatable bonds is 2.